The van der Waals surface area contributed by atoms with Crippen LogP contribution in [-0.4, -0.2) is 17.0 Å². The van der Waals surface area contributed by atoms with E-state index in [1.165, 1.54) is 0 Å². The van der Waals surface area contributed by atoms with E-state index < -0.39 is 0 Å². The Kier molecular flexibility index (Phi) is 3.99. The normalized spacial score (nSPS) is 10.2. The largest absolute Gasteiger partial charge is 0.373 e. The Morgan fingerprint density at radius 1 is 1.11 bits per heavy atom. The lowest BCUT2D eigenvalue weighted by Crippen LogP contribution is -2.04. The number of halogens is 1. The minimum atomic E-state index is 0.705. The van der Waals surface area contributed by atoms with E-state index in [9.17, 15) is 0 Å². The Bertz CT molecular complexity index is 525. The molecule has 5 heteroatoms. The molecule has 2 aromatic rings. The van der Waals surface area contributed by atoms with Crippen LogP contribution < -0.4 is 10.6 Å². The summed E-state index contributed by atoms with van der Waals surface area (Å²) in [7, 11) is 1.84. The van der Waals surface area contributed by atoms with Gasteiger partial charge in [0, 0.05) is 24.7 Å². The standard InChI is InChI=1S/C13H15ClN4/c1-9-17-12(15-2)7-13(18-9)16-8-10-3-5-11(14)6-4-10/h3-7H,8H2,1-2H3,(H2,15,16,17,18). The van der Waals surface area contributed by atoms with Gasteiger partial charge in [-0.1, -0.05) is 23.7 Å². The molecule has 0 aliphatic carbocycles. The summed E-state index contributed by atoms with van der Waals surface area (Å²) < 4.78 is 0. The zero-order chi connectivity index (χ0) is 13.0. The van der Waals surface area contributed by atoms with Gasteiger partial charge in [-0.25, -0.2) is 9.97 Å². The van der Waals surface area contributed by atoms with Gasteiger partial charge in [-0.2, -0.15) is 0 Å². The highest BCUT2D eigenvalue weighted by molar-refractivity contribution is 6.30. The Morgan fingerprint density at radius 3 is 2.44 bits per heavy atom. The van der Waals surface area contributed by atoms with Crippen molar-refractivity contribution in [3.05, 3.63) is 46.7 Å². The van der Waals surface area contributed by atoms with Crippen LogP contribution in [0.2, 0.25) is 5.02 Å². The summed E-state index contributed by atoms with van der Waals surface area (Å²) in [5.41, 5.74) is 1.15. The van der Waals surface area contributed by atoms with Gasteiger partial charge in [-0.05, 0) is 24.6 Å². The summed E-state index contributed by atoms with van der Waals surface area (Å²) in [4.78, 5) is 8.57. The molecule has 2 rings (SSSR count). The molecule has 18 heavy (non-hydrogen) atoms. The number of nitrogens with one attached hydrogen (secondary N) is 2. The van der Waals surface area contributed by atoms with Crippen molar-refractivity contribution < 1.29 is 0 Å². The average Bonchev–Trinajstić information content (AvgIpc) is 2.37. The minimum absolute atomic E-state index is 0.705. The van der Waals surface area contributed by atoms with Crippen LogP contribution in [0.25, 0.3) is 0 Å². The van der Waals surface area contributed by atoms with E-state index in [1.54, 1.807) is 0 Å². The van der Waals surface area contributed by atoms with Gasteiger partial charge in [0.05, 0.1) is 0 Å². The van der Waals surface area contributed by atoms with Gasteiger partial charge in [-0.3, -0.25) is 0 Å². The van der Waals surface area contributed by atoms with Crippen molar-refractivity contribution in [1.82, 2.24) is 9.97 Å². The lowest BCUT2D eigenvalue weighted by Gasteiger charge is -2.08. The minimum Gasteiger partial charge on any atom is -0.373 e. The van der Waals surface area contributed by atoms with Crippen molar-refractivity contribution in [2.24, 2.45) is 0 Å². The smallest absolute Gasteiger partial charge is 0.132 e. The van der Waals surface area contributed by atoms with Crippen molar-refractivity contribution in [3.8, 4) is 0 Å². The predicted molar refractivity (Wildman–Crippen MR) is 75.1 cm³/mol. The van der Waals surface area contributed by atoms with Crippen molar-refractivity contribution >= 4 is 23.2 Å². The maximum atomic E-state index is 5.84. The molecular weight excluding hydrogens is 248 g/mol. The summed E-state index contributed by atoms with van der Waals surface area (Å²) in [6.45, 7) is 2.57. The van der Waals surface area contributed by atoms with Crippen LogP contribution in [-0.2, 0) is 6.54 Å². The van der Waals surface area contributed by atoms with Crippen LogP contribution in [0.15, 0.2) is 30.3 Å². The molecule has 94 valence electrons. The molecule has 0 bridgehead atoms. The molecule has 0 aliphatic rings. The van der Waals surface area contributed by atoms with E-state index in [0.29, 0.717) is 6.54 Å². The van der Waals surface area contributed by atoms with Crippen LogP contribution in [0, 0.1) is 6.92 Å². The van der Waals surface area contributed by atoms with Crippen molar-refractivity contribution in [3.63, 3.8) is 0 Å². The number of hydrogen-bond acceptors (Lipinski definition) is 4. The number of nitrogens with zero attached hydrogens (tertiary/aromatic N) is 2. The van der Waals surface area contributed by atoms with Crippen LogP contribution in [0.5, 0.6) is 0 Å². The Morgan fingerprint density at radius 2 is 1.78 bits per heavy atom. The fourth-order valence-corrected chi connectivity index (χ4v) is 1.71. The Labute approximate surface area is 111 Å². The van der Waals surface area contributed by atoms with Gasteiger partial charge >= 0.3 is 0 Å². The first-order valence-electron chi connectivity index (χ1n) is 5.69. The molecule has 0 aliphatic heterocycles. The molecule has 0 saturated carbocycles. The summed E-state index contributed by atoms with van der Waals surface area (Å²) in [6.07, 6.45) is 0. The number of aryl methyl sites for hydroxylation is 1. The first-order chi connectivity index (χ1) is 8.67. The van der Waals surface area contributed by atoms with Crippen molar-refractivity contribution in [2.75, 3.05) is 17.7 Å². The maximum Gasteiger partial charge on any atom is 0.132 e. The van der Waals surface area contributed by atoms with Crippen LogP contribution >= 0.6 is 11.6 Å². The van der Waals surface area contributed by atoms with Crippen LogP contribution in [0.4, 0.5) is 11.6 Å². The highest BCUT2D eigenvalue weighted by Crippen LogP contribution is 2.13. The second kappa shape index (κ2) is 5.69. The van der Waals surface area contributed by atoms with Crippen LogP contribution in [0.3, 0.4) is 0 Å². The zero-order valence-corrected chi connectivity index (χ0v) is 11.1. The SMILES string of the molecule is CNc1cc(NCc2ccc(Cl)cc2)nc(C)n1. The van der Waals surface area contributed by atoms with E-state index in [-0.39, 0.29) is 0 Å². The summed E-state index contributed by atoms with van der Waals surface area (Å²) in [6, 6.07) is 9.61. The third-order valence-electron chi connectivity index (χ3n) is 2.48. The molecule has 2 N–H and O–H groups in total. The van der Waals surface area contributed by atoms with Gasteiger partial charge < -0.3 is 10.6 Å². The molecule has 1 heterocycles. The fourth-order valence-electron chi connectivity index (χ4n) is 1.58. The Balaban J connectivity index is 2.05. The molecule has 0 unspecified atom stereocenters. The highest BCUT2D eigenvalue weighted by Gasteiger charge is 2.00. The zero-order valence-electron chi connectivity index (χ0n) is 10.4. The Hall–Kier alpha value is -1.81. The molecule has 0 atom stereocenters. The van der Waals surface area contributed by atoms with Gasteiger partial charge in [0.25, 0.3) is 0 Å². The van der Waals surface area contributed by atoms with E-state index in [1.807, 2.05) is 44.3 Å². The van der Waals surface area contributed by atoms with Gasteiger partial charge in [-0.15, -0.1) is 0 Å². The molecular formula is C13H15ClN4. The molecule has 0 fully saturated rings. The number of rotatable bonds is 4. The molecule has 0 amide bonds. The fraction of sp³-hybridized carbons (Fsp3) is 0.231. The average molecular weight is 263 g/mol. The first-order valence-corrected chi connectivity index (χ1v) is 6.07. The van der Waals surface area contributed by atoms with E-state index in [2.05, 4.69) is 20.6 Å². The lowest BCUT2D eigenvalue weighted by molar-refractivity contribution is 1.02. The van der Waals surface area contributed by atoms with Crippen molar-refractivity contribution in [1.29, 1.82) is 0 Å². The second-order valence-electron chi connectivity index (χ2n) is 3.92. The maximum absolute atomic E-state index is 5.84. The monoisotopic (exact) mass is 262 g/mol. The molecule has 0 radical (unpaired) electrons. The van der Waals surface area contributed by atoms with E-state index in [0.717, 1.165) is 28.0 Å². The van der Waals surface area contributed by atoms with E-state index >= 15 is 0 Å². The molecule has 0 saturated heterocycles. The van der Waals surface area contributed by atoms with Crippen LogP contribution in [0.1, 0.15) is 11.4 Å². The third kappa shape index (κ3) is 3.34. The summed E-state index contributed by atoms with van der Waals surface area (Å²) in [5.74, 6) is 2.35. The molecule has 0 spiro atoms. The van der Waals surface area contributed by atoms with Gasteiger partial charge in [0.15, 0.2) is 0 Å². The van der Waals surface area contributed by atoms with Gasteiger partial charge in [0.1, 0.15) is 17.5 Å². The predicted octanol–water partition coefficient (Wildman–Crippen LogP) is 3.09. The highest BCUT2D eigenvalue weighted by atomic mass is 35.5. The van der Waals surface area contributed by atoms with E-state index in [4.69, 9.17) is 11.6 Å². The summed E-state index contributed by atoms with van der Waals surface area (Å²) >= 11 is 5.84. The molecule has 1 aromatic carbocycles. The third-order valence-corrected chi connectivity index (χ3v) is 2.73. The van der Waals surface area contributed by atoms with Gasteiger partial charge in [0.2, 0.25) is 0 Å². The number of aromatic nitrogens is 2. The second-order valence-corrected chi connectivity index (χ2v) is 4.35. The number of anilines is 2. The lowest BCUT2D eigenvalue weighted by atomic mass is 10.2. The quantitative estimate of drug-likeness (QED) is 0.889. The molecule has 1 aromatic heterocycles. The van der Waals surface area contributed by atoms with Crippen molar-refractivity contribution in [2.45, 2.75) is 13.5 Å². The first kappa shape index (κ1) is 12.6. The number of hydrogen-bond donors (Lipinski definition) is 2. The summed E-state index contributed by atoms with van der Waals surface area (Å²) in [5, 5.41) is 7.01. The number of benzene rings is 1. The molecule has 4 nitrogen and oxygen atoms in total. The topological polar surface area (TPSA) is 49.8 Å².